The van der Waals surface area contributed by atoms with Crippen LogP contribution in [-0.4, -0.2) is 126 Å². The summed E-state index contributed by atoms with van der Waals surface area (Å²) in [5.41, 5.74) is 1.49. The average molecular weight is 874 g/mol. The first kappa shape index (κ1) is 51.3. The first-order valence-corrected chi connectivity index (χ1v) is 22.6. The maximum Gasteiger partial charge on any atom is 0.311 e. The Morgan fingerprint density at radius 1 is 1.00 bits per heavy atom. The Morgan fingerprint density at radius 2 is 1.66 bits per heavy atom. The lowest BCUT2D eigenvalue weighted by atomic mass is 9.74. The largest absolute Gasteiger partial charge is 0.459 e. The zero-order valence-corrected chi connectivity index (χ0v) is 38.7. The highest BCUT2D eigenvalue weighted by Gasteiger charge is 2.51. The summed E-state index contributed by atoms with van der Waals surface area (Å²) < 4.78 is 27.1. The molecule has 1 aromatic heterocycles. The zero-order chi connectivity index (χ0) is 45.9. The Balaban J connectivity index is 1.44. The SMILES string of the molecule is CCC1OC(=O)[C@H](C)[C@H](O)[C@H](C)[C@@H](OC2C[C@@H](N(C)Cc3ccc(-c4cn(CCCCCCCC(=O)NO)nn4)cc3)C[C@@H](C)O2)[C@@](C)(OC)C[C@@H](C)C(=O)[C@H](C)[C@@H](O)[C@]1(C)O. The van der Waals surface area contributed by atoms with Crippen molar-refractivity contribution < 1.29 is 53.9 Å². The van der Waals surface area contributed by atoms with Crippen LogP contribution in [-0.2, 0) is 46.4 Å². The number of esters is 1. The van der Waals surface area contributed by atoms with Gasteiger partial charge in [0.15, 0.2) is 6.29 Å². The molecule has 4 rings (SSSR count). The van der Waals surface area contributed by atoms with E-state index in [0.717, 1.165) is 61.9 Å². The number of carbonyl (C=O) groups excluding carboxylic acids is 3. The molecule has 13 atom stereocenters. The summed E-state index contributed by atoms with van der Waals surface area (Å²) in [6.07, 6.45) is 2.99. The molecule has 0 saturated carbocycles. The number of Topliss-reactive ketones (excluding diaryl/α,β-unsaturated/α-hetero) is 1. The number of methoxy groups -OCH3 is 1. The predicted octanol–water partition coefficient (Wildman–Crippen LogP) is 5.22. The van der Waals surface area contributed by atoms with E-state index in [1.165, 1.54) is 14.0 Å². The number of ether oxygens (including phenoxy) is 4. The molecule has 0 aliphatic carbocycles. The van der Waals surface area contributed by atoms with Crippen molar-refractivity contribution in [2.45, 2.75) is 187 Å². The lowest BCUT2D eigenvalue weighted by molar-refractivity contribution is -0.271. The molecule has 1 aromatic carbocycles. The average Bonchev–Trinajstić information content (AvgIpc) is 3.73. The molecule has 2 aliphatic rings. The molecule has 2 aliphatic heterocycles. The molecule has 2 unspecified atom stereocenters. The van der Waals surface area contributed by atoms with Crippen molar-refractivity contribution in [1.82, 2.24) is 25.4 Å². The van der Waals surface area contributed by atoms with Crippen LogP contribution in [0.15, 0.2) is 30.5 Å². The van der Waals surface area contributed by atoms with Crippen LogP contribution in [0.25, 0.3) is 11.3 Å². The van der Waals surface area contributed by atoms with Gasteiger partial charge in [0.25, 0.3) is 0 Å². The number of hydrogen-bond donors (Lipinski definition) is 5. The van der Waals surface area contributed by atoms with Crippen molar-refractivity contribution >= 4 is 17.7 Å². The molecule has 16 nitrogen and oxygen atoms in total. The zero-order valence-electron chi connectivity index (χ0n) is 38.7. The third kappa shape index (κ3) is 13.1. The minimum absolute atomic E-state index is 0.0754. The van der Waals surface area contributed by atoms with Crippen LogP contribution in [0.5, 0.6) is 0 Å². The van der Waals surface area contributed by atoms with Crippen LogP contribution in [0.3, 0.4) is 0 Å². The molecule has 350 valence electrons. The number of ketones is 1. The molecule has 16 heteroatoms. The Labute approximate surface area is 368 Å². The molecular weight excluding hydrogens is 799 g/mol. The second-order valence-corrected chi connectivity index (χ2v) is 18.5. The number of cyclic esters (lactones) is 1. The van der Waals surface area contributed by atoms with Gasteiger partial charge in [-0.1, -0.05) is 76.4 Å². The smallest absolute Gasteiger partial charge is 0.311 e. The standard InChI is InChI=1S/C46H75N5O11/c1-11-37-46(8,57)42(55)30(4)40(53)28(2)25-45(7,59-10)43(31(5)41(54)32(6)44(56)61-37)62-39-24-35(23-29(3)60-39)50(9)26-33-18-20-34(21-19-33)36-27-51(49-47-36)22-16-14-12-13-15-17-38(52)48-58/h18-21,27-32,35,37,39,41-43,54-55,57-58H,11-17,22-26H2,1-10H3,(H,48,52)/t28-,29-,30+,31+,32-,35+,37?,39?,41-,42-,43-,45+,46-/m1/s1. The Kier molecular flexibility index (Phi) is 19.0. The number of benzene rings is 1. The van der Waals surface area contributed by atoms with E-state index in [4.69, 9.17) is 24.2 Å². The number of rotatable bonds is 16. The second kappa shape index (κ2) is 23.0. The van der Waals surface area contributed by atoms with Gasteiger partial charge in [-0.15, -0.1) is 5.10 Å². The lowest BCUT2D eigenvalue weighted by Gasteiger charge is -2.47. The van der Waals surface area contributed by atoms with Gasteiger partial charge in [-0.2, -0.15) is 0 Å². The Bertz CT molecular complexity index is 1720. The summed E-state index contributed by atoms with van der Waals surface area (Å²) in [5, 5.41) is 51.9. The summed E-state index contributed by atoms with van der Waals surface area (Å²) in [7, 11) is 3.61. The van der Waals surface area contributed by atoms with Gasteiger partial charge < -0.3 is 34.3 Å². The quantitative estimate of drug-likeness (QED) is 0.0634. The van der Waals surface area contributed by atoms with E-state index in [2.05, 4.69) is 46.5 Å². The van der Waals surface area contributed by atoms with E-state index in [0.29, 0.717) is 19.4 Å². The van der Waals surface area contributed by atoms with Crippen LogP contribution < -0.4 is 5.48 Å². The summed E-state index contributed by atoms with van der Waals surface area (Å²) in [6.45, 7) is 15.1. The molecule has 2 aromatic rings. The first-order valence-electron chi connectivity index (χ1n) is 22.6. The van der Waals surface area contributed by atoms with Crippen LogP contribution in [0, 0.1) is 23.7 Å². The third-order valence-electron chi connectivity index (χ3n) is 13.5. The van der Waals surface area contributed by atoms with Crippen molar-refractivity contribution in [3.05, 3.63) is 36.0 Å². The molecule has 1 amide bonds. The van der Waals surface area contributed by atoms with Crippen LogP contribution in [0.2, 0.25) is 0 Å². The molecular formula is C46H75N5O11. The lowest BCUT2D eigenvalue weighted by Crippen LogP contribution is -2.58. The van der Waals surface area contributed by atoms with Crippen LogP contribution in [0.4, 0.5) is 0 Å². The Morgan fingerprint density at radius 3 is 2.31 bits per heavy atom. The van der Waals surface area contributed by atoms with Gasteiger partial charge in [0.2, 0.25) is 5.91 Å². The minimum atomic E-state index is -1.92. The fourth-order valence-electron chi connectivity index (χ4n) is 9.35. The van der Waals surface area contributed by atoms with E-state index >= 15 is 0 Å². The van der Waals surface area contributed by atoms with Crippen molar-refractivity contribution in [2.24, 2.45) is 23.7 Å². The number of nitrogens with one attached hydrogen (secondary N) is 1. The number of amides is 1. The van der Waals surface area contributed by atoms with E-state index < -0.39 is 71.5 Å². The molecule has 2 fully saturated rings. The number of aryl methyl sites for hydroxylation is 1. The maximum absolute atomic E-state index is 13.9. The van der Waals surface area contributed by atoms with Gasteiger partial charge in [-0.05, 0) is 72.4 Å². The van der Waals surface area contributed by atoms with E-state index in [1.807, 2.05) is 24.7 Å². The molecule has 0 spiro atoms. The minimum Gasteiger partial charge on any atom is -0.459 e. The van der Waals surface area contributed by atoms with E-state index in [9.17, 15) is 29.7 Å². The van der Waals surface area contributed by atoms with Crippen LogP contribution in [0.1, 0.15) is 125 Å². The molecule has 3 heterocycles. The van der Waals surface area contributed by atoms with Gasteiger partial charge in [-0.3, -0.25) is 29.2 Å². The van der Waals surface area contributed by atoms with Crippen LogP contribution >= 0.6 is 0 Å². The van der Waals surface area contributed by atoms with Gasteiger partial charge in [0.1, 0.15) is 23.2 Å². The number of nitrogens with zero attached hydrogens (tertiary/aromatic N) is 4. The first-order chi connectivity index (χ1) is 29.3. The fraction of sp³-hybridized carbons (Fsp3) is 0.761. The van der Waals surface area contributed by atoms with Gasteiger partial charge in [0.05, 0.1) is 42.1 Å². The maximum atomic E-state index is 13.9. The number of unbranched alkanes of at least 4 members (excludes halogenated alkanes) is 4. The molecule has 0 bridgehead atoms. The number of carbonyl (C=O) groups is 3. The molecule has 2 saturated heterocycles. The molecule has 0 radical (unpaired) electrons. The highest BCUT2D eigenvalue weighted by molar-refractivity contribution is 5.83. The highest BCUT2D eigenvalue weighted by Crippen LogP contribution is 2.39. The monoisotopic (exact) mass is 874 g/mol. The molecule has 62 heavy (non-hydrogen) atoms. The number of aliphatic hydroxyl groups is 3. The number of hydroxylamine groups is 1. The van der Waals surface area contributed by atoms with Crippen molar-refractivity contribution in [2.75, 3.05) is 14.2 Å². The van der Waals surface area contributed by atoms with Crippen molar-refractivity contribution in [1.29, 1.82) is 0 Å². The van der Waals surface area contributed by atoms with Crippen molar-refractivity contribution in [3.8, 4) is 11.3 Å². The van der Waals surface area contributed by atoms with E-state index in [1.54, 1.807) is 40.1 Å². The summed E-state index contributed by atoms with van der Waals surface area (Å²) in [6, 6.07) is 8.38. The van der Waals surface area contributed by atoms with Crippen molar-refractivity contribution in [3.63, 3.8) is 0 Å². The predicted molar refractivity (Wildman–Crippen MR) is 231 cm³/mol. The van der Waals surface area contributed by atoms with Gasteiger partial charge in [-0.25, -0.2) is 5.48 Å². The Hall–Kier alpha value is -3.35. The van der Waals surface area contributed by atoms with Gasteiger partial charge >= 0.3 is 5.97 Å². The van der Waals surface area contributed by atoms with Gasteiger partial charge in [0, 0.05) is 62.4 Å². The highest BCUT2D eigenvalue weighted by atomic mass is 16.7. The fourth-order valence-corrected chi connectivity index (χ4v) is 9.35. The number of aliphatic hydroxyl groups excluding tert-OH is 2. The molecule has 5 N–H and O–H groups in total. The number of hydrogen-bond acceptors (Lipinski definition) is 14. The summed E-state index contributed by atoms with van der Waals surface area (Å²) >= 11 is 0. The van der Waals surface area contributed by atoms with E-state index in [-0.39, 0.29) is 36.7 Å². The summed E-state index contributed by atoms with van der Waals surface area (Å²) in [4.78, 5) is 40.9. The second-order valence-electron chi connectivity index (χ2n) is 18.5. The number of aromatic nitrogens is 3. The third-order valence-corrected chi connectivity index (χ3v) is 13.5. The normalized spacial score (nSPS) is 34.1. The topological polar surface area (TPSA) is 215 Å². The summed E-state index contributed by atoms with van der Waals surface area (Å²) in [5.74, 6) is -4.71.